The van der Waals surface area contributed by atoms with Gasteiger partial charge in [0.25, 0.3) is 0 Å². The van der Waals surface area contributed by atoms with E-state index in [0.29, 0.717) is 18.3 Å². The molecular weight excluding hydrogens is 478 g/mol. The van der Waals surface area contributed by atoms with E-state index in [1.807, 2.05) is 18.2 Å². The lowest BCUT2D eigenvalue weighted by Gasteiger charge is -2.44. The number of nitroso groups, excluding NO2 is 1. The Morgan fingerprint density at radius 1 is 1.03 bits per heavy atom. The van der Waals surface area contributed by atoms with Crippen molar-refractivity contribution in [2.45, 2.75) is 19.0 Å². The van der Waals surface area contributed by atoms with Crippen LogP contribution in [0, 0.1) is 4.91 Å². The highest BCUT2D eigenvalue weighted by Gasteiger charge is 2.31. The average molecular weight is 520 g/mol. The number of aldehydes is 1. The first-order valence-corrected chi connectivity index (χ1v) is 13.2. The molecule has 2 saturated heterocycles. The molecule has 2 aromatic rings. The molecule has 0 amide bonds. The molecule has 0 spiro atoms. The van der Waals surface area contributed by atoms with Gasteiger partial charge in [0.1, 0.15) is 12.0 Å². The number of rotatable bonds is 9. The summed E-state index contributed by atoms with van der Waals surface area (Å²) in [7, 11) is 1.19. The third kappa shape index (κ3) is 7.60. The van der Waals surface area contributed by atoms with Gasteiger partial charge in [0.2, 0.25) is 0 Å². The lowest BCUT2D eigenvalue weighted by Crippen LogP contribution is -2.53. The standard InChI is InChI=1S/C29H38N4O2.CH3NO/c1-4-11-31-14-17-33(23(2)22-31)29(27-9-6-10-28(35)21-27)26-8-5-7-25(20-26)24(3)32-15-12-30(13-16-32)18-19-34;1-2-3/h4-10,19-21,23,29,35H,1,3,11-18,22H2,2H3;1H3. The minimum Gasteiger partial charge on any atom is -0.508 e. The van der Waals surface area contributed by atoms with Crippen LogP contribution in [0.4, 0.5) is 0 Å². The zero-order valence-corrected chi connectivity index (χ0v) is 22.7. The Morgan fingerprint density at radius 3 is 2.26 bits per heavy atom. The molecule has 1 N–H and O–H groups in total. The molecule has 4 rings (SSSR count). The molecule has 0 saturated carbocycles. The van der Waals surface area contributed by atoms with Crippen molar-refractivity contribution in [3.05, 3.63) is 89.4 Å². The van der Waals surface area contributed by atoms with Crippen molar-refractivity contribution >= 4 is 12.0 Å². The zero-order valence-electron chi connectivity index (χ0n) is 22.7. The summed E-state index contributed by atoms with van der Waals surface area (Å²) in [6.45, 7) is 18.4. The number of hydrogen-bond acceptors (Lipinski definition) is 8. The maximum absolute atomic E-state index is 10.9. The fourth-order valence-electron chi connectivity index (χ4n) is 5.43. The number of phenolic OH excluding ortho intramolecular Hbond substituents is 1. The maximum Gasteiger partial charge on any atom is 0.133 e. The van der Waals surface area contributed by atoms with Crippen LogP contribution >= 0.6 is 0 Å². The lowest BCUT2D eigenvalue weighted by atomic mass is 9.92. The fourth-order valence-corrected chi connectivity index (χ4v) is 5.43. The van der Waals surface area contributed by atoms with Crippen LogP contribution in [0.5, 0.6) is 5.75 Å². The zero-order chi connectivity index (χ0) is 27.5. The molecule has 0 bridgehead atoms. The molecule has 38 heavy (non-hydrogen) atoms. The van der Waals surface area contributed by atoms with E-state index in [2.05, 4.69) is 75.2 Å². The normalized spacial score (nSPS) is 19.6. The first-order chi connectivity index (χ1) is 18.4. The van der Waals surface area contributed by atoms with Gasteiger partial charge < -0.3 is 14.8 Å². The number of hydrogen-bond donors (Lipinski definition) is 1. The molecular formula is C30H41N5O3. The molecule has 2 unspecified atom stereocenters. The van der Waals surface area contributed by atoms with E-state index in [4.69, 9.17) is 4.91 Å². The van der Waals surface area contributed by atoms with Crippen molar-refractivity contribution in [3.8, 4) is 5.75 Å². The Bertz CT molecular complexity index is 1080. The van der Waals surface area contributed by atoms with Gasteiger partial charge in [-0.1, -0.05) is 48.2 Å². The Morgan fingerprint density at radius 2 is 1.66 bits per heavy atom. The number of carbonyl (C=O) groups is 1. The topological polar surface area (TPSA) is 79.7 Å². The Labute approximate surface area is 226 Å². The van der Waals surface area contributed by atoms with E-state index >= 15 is 0 Å². The van der Waals surface area contributed by atoms with E-state index < -0.39 is 0 Å². The molecule has 204 valence electrons. The number of aromatic hydroxyl groups is 1. The third-order valence-electron chi connectivity index (χ3n) is 7.29. The highest BCUT2D eigenvalue weighted by molar-refractivity contribution is 5.63. The highest BCUT2D eigenvalue weighted by atomic mass is 16.3. The molecule has 0 aromatic heterocycles. The van der Waals surface area contributed by atoms with Crippen LogP contribution < -0.4 is 0 Å². The van der Waals surface area contributed by atoms with Crippen LogP contribution in [0.3, 0.4) is 0 Å². The third-order valence-corrected chi connectivity index (χ3v) is 7.29. The average Bonchev–Trinajstić information content (AvgIpc) is 2.91. The maximum atomic E-state index is 10.9. The van der Waals surface area contributed by atoms with Gasteiger partial charge in [0.05, 0.1) is 19.6 Å². The van der Waals surface area contributed by atoms with Gasteiger partial charge in [-0.25, -0.2) is 0 Å². The summed E-state index contributed by atoms with van der Waals surface area (Å²) in [6.07, 6.45) is 2.95. The van der Waals surface area contributed by atoms with Crippen LogP contribution in [0.15, 0.2) is 72.9 Å². The summed E-state index contributed by atoms with van der Waals surface area (Å²) in [5.74, 6) is 0.291. The molecule has 2 aliphatic rings. The molecule has 8 heteroatoms. The minimum absolute atomic E-state index is 0.0418. The summed E-state index contributed by atoms with van der Waals surface area (Å²) in [5.41, 5.74) is 4.45. The molecule has 0 aliphatic carbocycles. The predicted octanol–water partition coefficient (Wildman–Crippen LogP) is 3.84. The first-order valence-electron chi connectivity index (χ1n) is 13.2. The summed E-state index contributed by atoms with van der Waals surface area (Å²) in [4.78, 5) is 28.9. The van der Waals surface area contributed by atoms with Gasteiger partial charge in [-0.05, 0) is 41.8 Å². The predicted molar refractivity (Wildman–Crippen MR) is 154 cm³/mol. The monoisotopic (exact) mass is 519 g/mol. The Kier molecular flexibility index (Phi) is 11.2. The summed E-state index contributed by atoms with van der Waals surface area (Å²) in [5, 5.41) is 12.5. The van der Waals surface area contributed by atoms with Gasteiger partial charge in [-0.2, -0.15) is 4.91 Å². The molecule has 0 radical (unpaired) electrons. The van der Waals surface area contributed by atoms with E-state index in [-0.39, 0.29) is 6.04 Å². The number of nitrogens with zero attached hydrogens (tertiary/aromatic N) is 5. The van der Waals surface area contributed by atoms with Crippen molar-refractivity contribution < 1.29 is 9.90 Å². The second-order valence-electron chi connectivity index (χ2n) is 9.84. The summed E-state index contributed by atoms with van der Waals surface area (Å²) in [6, 6.07) is 16.8. The Hall–Kier alpha value is -3.33. The summed E-state index contributed by atoms with van der Waals surface area (Å²) >= 11 is 0. The fraction of sp³-hybridized carbons (Fsp3) is 0.433. The van der Waals surface area contributed by atoms with E-state index in [0.717, 1.165) is 75.5 Å². The van der Waals surface area contributed by atoms with Crippen LogP contribution in [-0.4, -0.2) is 103 Å². The molecule has 8 nitrogen and oxygen atoms in total. The van der Waals surface area contributed by atoms with Gasteiger partial charge in [-0.3, -0.25) is 14.7 Å². The number of piperazine rings is 2. The Balaban J connectivity index is 0.00000127. The van der Waals surface area contributed by atoms with E-state index in [1.54, 1.807) is 6.07 Å². The smallest absolute Gasteiger partial charge is 0.133 e. The van der Waals surface area contributed by atoms with E-state index in [9.17, 15) is 9.90 Å². The van der Waals surface area contributed by atoms with E-state index in [1.165, 1.54) is 12.6 Å². The molecule has 2 atom stereocenters. The van der Waals surface area contributed by atoms with Gasteiger partial charge in [0.15, 0.2) is 0 Å². The van der Waals surface area contributed by atoms with Gasteiger partial charge in [0, 0.05) is 64.1 Å². The van der Waals surface area contributed by atoms with Crippen LogP contribution in [0.2, 0.25) is 0 Å². The SMILES string of the molecule is C=CCN1CCN(C(c2cccc(O)c2)c2cccc(C(=C)N3CCN(CC=O)CC3)c2)C(C)C1.CN=O. The largest absolute Gasteiger partial charge is 0.508 e. The van der Waals surface area contributed by atoms with Gasteiger partial charge in [-0.15, -0.1) is 6.58 Å². The number of benzene rings is 2. The van der Waals surface area contributed by atoms with Crippen LogP contribution in [0.1, 0.15) is 29.7 Å². The first kappa shape index (κ1) is 29.2. The van der Waals surface area contributed by atoms with Crippen molar-refractivity contribution in [2.75, 3.05) is 66.0 Å². The van der Waals surface area contributed by atoms with Crippen molar-refractivity contribution in [2.24, 2.45) is 5.18 Å². The number of phenols is 1. The molecule has 2 fully saturated rings. The summed E-state index contributed by atoms with van der Waals surface area (Å²) < 4.78 is 0. The highest BCUT2D eigenvalue weighted by Crippen LogP contribution is 2.35. The van der Waals surface area contributed by atoms with Crippen molar-refractivity contribution in [3.63, 3.8) is 0 Å². The van der Waals surface area contributed by atoms with Crippen molar-refractivity contribution in [1.29, 1.82) is 0 Å². The van der Waals surface area contributed by atoms with Gasteiger partial charge >= 0.3 is 0 Å². The molecule has 2 aliphatic heterocycles. The van der Waals surface area contributed by atoms with Crippen LogP contribution in [-0.2, 0) is 4.79 Å². The minimum atomic E-state index is 0.0418. The van der Waals surface area contributed by atoms with Crippen molar-refractivity contribution in [1.82, 2.24) is 19.6 Å². The second kappa shape index (κ2) is 14.6. The number of carbonyl (C=O) groups excluding carboxylic acids is 1. The second-order valence-corrected chi connectivity index (χ2v) is 9.84. The lowest BCUT2D eigenvalue weighted by molar-refractivity contribution is -0.109. The molecule has 2 heterocycles. The quantitative estimate of drug-likeness (QED) is 0.306. The molecule has 2 aromatic carbocycles. The van der Waals surface area contributed by atoms with Crippen LogP contribution in [0.25, 0.3) is 5.70 Å².